The molecule has 0 amide bonds. The molecule has 0 saturated heterocycles. The Hall–Kier alpha value is -1.13. The standard InChI is InChI=1S/C18H21F3IO3S/c1-11-6-12(2)8-16(7-11)22(21,18(19,20)26(23,24)25)17-9-13(3)15(5)14(4)10-17/h6-10H,1-5H3,(H,23,24,25)/q-1/p-1. The maximum atomic E-state index is 16.2. The van der Waals surface area contributed by atoms with Crippen molar-refractivity contribution in [2.24, 2.45) is 0 Å². The van der Waals surface area contributed by atoms with Gasteiger partial charge in [-0.2, -0.15) is 0 Å². The molecule has 0 fully saturated rings. The van der Waals surface area contributed by atoms with Crippen molar-refractivity contribution in [1.29, 1.82) is 0 Å². The summed E-state index contributed by atoms with van der Waals surface area (Å²) in [6.45, 7) is 8.25. The Kier molecular flexibility index (Phi) is 5.53. The third kappa shape index (κ3) is 3.38. The molecule has 0 saturated carbocycles. The summed E-state index contributed by atoms with van der Waals surface area (Å²) >= 11 is -6.32. The predicted octanol–water partition coefficient (Wildman–Crippen LogP) is 1.41. The zero-order valence-electron chi connectivity index (χ0n) is 15.0. The summed E-state index contributed by atoms with van der Waals surface area (Å²) in [6, 6.07) is 6.59. The molecule has 0 bridgehead atoms. The summed E-state index contributed by atoms with van der Waals surface area (Å²) in [5.41, 5.74) is 2.96. The molecule has 0 radical (unpaired) electrons. The van der Waals surface area contributed by atoms with Crippen LogP contribution in [-0.4, -0.2) is 16.2 Å². The summed E-state index contributed by atoms with van der Waals surface area (Å²) in [5, 5.41) is 0. The molecule has 26 heavy (non-hydrogen) atoms. The van der Waals surface area contributed by atoms with Crippen LogP contribution in [0.5, 0.6) is 0 Å². The number of halogens is 4. The Balaban J connectivity index is 2.96. The van der Waals surface area contributed by atoms with Crippen molar-refractivity contribution in [3.05, 3.63) is 65.3 Å². The van der Waals surface area contributed by atoms with Crippen molar-refractivity contribution >= 4 is 10.1 Å². The second-order valence-electron chi connectivity index (χ2n) is 6.37. The first kappa shape index (κ1) is 21.2. The molecule has 0 aromatic heterocycles. The Morgan fingerprint density at radius 1 is 0.846 bits per heavy atom. The van der Waals surface area contributed by atoms with Crippen LogP contribution in [0.2, 0.25) is 0 Å². The van der Waals surface area contributed by atoms with E-state index >= 15 is 2.86 Å². The summed E-state index contributed by atoms with van der Waals surface area (Å²) in [7, 11) is -6.20. The van der Waals surface area contributed by atoms with Crippen LogP contribution in [0, 0.1) is 41.8 Å². The molecule has 0 N–H and O–H groups in total. The quantitative estimate of drug-likeness (QED) is 0.363. The van der Waals surface area contributed by atoms with E-state index in [9.17, 15) is 21.8 Å². The summed E-state index contributed by atoms with van der Waals surface area (Å²) in [4.78, 5) is 0. The number of alkyl halides is 3. The molecule has 1 unspecified atom stereocenters. The molecule has 1 atom stereocenters. The molecule has 146 valence electrons. The normalized spacial score (nSPS) is 16.2. The first-order valence-electron chi connectivity index (χ1n) is 7.68. The molecule has 0 aliphatic rings. The number of hydrogen-bond donors (Lipinski definition) is 0. The van der Waals surface area contributed by atoms with E-state index < -0.39 is 32.4 Å². The Bertz CT molecular complexity index is 930. The molecule has 2 rings (SSSR count). The number of benzene rings is 2. The van der Waals surface area contributed by atoms with Crippen LogP contribution in [0.1, 0.15) is 27.8 Å². The van der Waals surface area contributed by atoms with Gasteiger partial charge in [-0.25, -0.2) is 0 Å². The average Bonchev–Trinajstić information content (AvgIpc) is 2.48. The third-order valence-corrected chi connectivity index (χ3v) is 14.3. The van der Waals surface area contributed by atoms with Gasteiger partial charge in [-0.3, -0.25) is 0 Å². The fourth-order valence-corrected chi connectivity index (χ4v) is 12.2. The molecule has 0 heterocycles. The first-order chi connectivity index (χ1) is 11.7. The molecule has 0 aliphatic heterocycles. The summed E-state index contributed by atoms with van der Waals surface area (Å²) in [6.07, 6.45) is 0. The number of aryl methyl sites for hydroxylation is 4. The maximum absolute atomic E-state index is 16.2. The molecule has 0 spiro atoms. The van der Waals surface area contributed by atoms with Crippen LogP contribution in [0.15, 0.2) is 30.3 Å². The van der Waals surface area contributed by atoms with Gasteiger partial charge >= 0.3 is 157 Å². The molecule has 2 aromatic rings. The van der Waals surface area contributed by atoms with Crippen LogP contribution in [-0.2, 0) is 10.1 Å². The van der Waals surface area contributed by atoms with Crippen molar-refractivity contribution in [2.45, 2.75) is 37.9 Å². The second-order valence-corrected chi connectivity index (χ2v) is 15.2. The van der Waals surface area contributed by atoms with Gasteiger partial charge in [0.25, 0.3) is 0 Å². The van der Waals surface area contributed by atoms with E-state index in [0.717, 1.165) is 5.56 Å². The molecule has 8 heteroatoms. The van der Waals surface area contributed by atoms with Crippen molar-refractivity contribution < 1.29 is 43.6 Å². The monoisotopic (exact) mass is 500 g/mol. The van der Waals surface area contributed by atoms with E-state index in [1.54, 1.807) is 40.7 Å². The van der Waals surface area contributed by atoms with Gasteiger partial charge < -0.3 is 0 Å². The van der Waals surface area contributed by atoms with E-state index in [-0.39, 0.29) is 7.14 Å². The van der Waals surface area contributed by atoms with E-state index in [1.165, 1.54) is 24.3 Å². The van der Waals surface area contributed by atoms with E-state index in [4.69, 9.17) is 0 Å². The van der Waals surface area contributed by atoms with Gasteiger partial charge in [0.2, 0.25) is 0 Å². The fraction of sp³-hybridized carbons (Fsp3) is 0.333. The van der Waals surface area contributed by atoms with Crippen LogP contribution in [0.3, 0.4) is 0 Å². The van der Waals surface area contributed by atoms with Crippen molar-refractivity contribution in [3.8, 4) is 0 Å². The van der Waals surface area contributed by atoms with Gasteiger partial charge in [-0.1, -0.05) is 0 Å². The number of hydrogen-bond acceptors (Lipinski definition) is 3. The van der Waals surface area contributed by atoms with Gasteiger partial charge in [-0.05, 0) is 0 Å². The minimum atomic E-state index is -6.32. The Morgan fingerprint density at radius 3 is 1.62 bits per heavy atom. The molecular formula is C18H20F3IO3S-2. The summed E-state index contributed by atoms with van der Waals surface area (Å²) < 4.78 is 74.1. The molecular weight excluding hydrogens is 480 g/mol. The van der Waals surface area contributed by atoms with Crippen LogP contribution in [0.4, 0.5) is 11.6 Å². The Labute approximate surface area is 156 Å². The number of rotatable bonds is 4. The zero-order chi connectivity index (χ0) is 20.1. The van der Waals surface area contributed by atoms with E-state index in [2.05, 4.69) is 0 Å². The summed E-state index contributed by atoms with van der Waals surface area (Å²) in [5.74, 6) is 0. The average molecular weight is 500 g/mol. The van der Waals surface area contributed by atoms with Gasteiger partial charge in [0, 0.05) is 0 Å². The first-order valence-corrected chi connectivity index (χ1v) is 13.1. The van der Waals surface area contributed by atoms with Crippen LogP contribution < -0.4 is 19.0 Å². The SMILES string of the molecule is Cc1cc(C)cc([I-](F)(c2cc(C)c(C)c(C)c2)C(F)(F)S(=O)(=O)[O-])c1. The van der Waals surface area contributed by atoms with Gasteiger partial charge in [0.1, 0.15) is 0 Å². The van der Waals surface area contributed by atoms with E-state index in [0.29, 0.717) is 22.3 Å². The predicted molar refractivity (Wildman–Crippen MR) is 89.7 cm³/mol. The van der Waals surface area contributed by atoms with Gasteiger partial charge in [0.05, 0.1) is 0 Å². The van der Waals surface area contributed by atoms with Gasteiger partial charge in [-0.15, -0.1) is 0 Å². The topological polar surface area (TPSA) is 57.2 Å². The fourth-order valence-electron chi connectivity index (χ4n) is 2.71. The van der Waals surface area contributed by atoms with Gasteiger partial charge in [0.15, 0.2) is 0 Å². The molecule has 0 aliphatic carbocycles. The molecule has 3 nitrogen and oxygen atoms in total. The molecule has 2 aromatic carbocycles. The van der Waals surface area contributed by atoms with Crippen LogP contribution >= 0.6 is 0 Å². The zero-order valence-corrected chi connectivity index (χ0v) is 18.0. The third-order valence-electron chi connectivity index (χ3n) is 4.27. The van der Waals surface area contributed by atoms with Crippen molar-refractivity contribution in [2.75, 3.05) is 0 Å². The minimum absolute atomic E-state index is 0.382. The second kappa shape index (κ2) is 6.79. The van der Waals surface area contributed by atoms with Crippen molar-refractivity contribution in [1.82, 2.24) is 0 Å². The Morgan fingerprint density at radius 2 is 1.23 bits per heavy atom. The van der Waals surface area contributed by atoms with Crippen molar-refractivity contribution in [3.63, 3.8) is 0 Å². The van der Waals surface area contributed by atoms with Crippen LogP contribution in [0.25, 0.3) is 0 Å². The van der Waals surface area contributed by atoms with E-state index in [1.807, 2.05) is 0 Å².